The van der Waals surface area contributed by atoms with Crippen LogP contribution in [0.15, 0.2) is 18.3 Å². The lowest BCUT2D eigenvalue weighted by Gasteiger charge is -2.15. The molecular formula is C13H20N2O2. The van der Waals surface area contributed by atoms with Crippen molar-refractivity contribution in [2.24, 2.45) is 0 Å². The molecule has 1 unspecified atom stereocenters. The van der Waals surface area contributed by atoms with E-state index in [1.165, 1.54) is 12.0 Å². The van der Waals surface area contributed by atoms with Crippen LogP contribution in [0.3, 0.4) is 0 Å². The first-order valence-electron chi connectivity index (χ1n) is 6.18. The van der Waals surface area contributed by atoms with E-state index in [1.807, 2.05) is 12.1 Å². The lowest BCUT2D eigenvalue weighted by atomic mass is 10.1. The summed E-state index contributed by atoms with van der Waals surface area (Å²) in [6, 6.07) is 4.56. The monoisotopic (exact) mass is 236 g/mol. The summed E-state index contributed by atoms with van der Waals surface area (Å²) in [6.07, 6.45) is 5.23. The zero-order valence-corrected chi connectivity index (χ0v) is 10.3. The fraction of sp³-hybridized carbons (Fsp3) is 0.615. The number of hydrogen-bond donors (Lipinski definition) is 1. The second-order valence-electron chi connectivity index (χ2n) is 4.33. The second-order valence-corrected chi connectivity index (χ2v) is 4.33. The van der Waals surface area contributed by atoms with Crippen LogP contribution in [0.5, 0.6) is 5.88 Å². The van der Waals surface area contributed by atoms with Gasteiger partial charge in [-0.2, -0.15) is 0 Å². The van der Waals surface area contributed by atoms with E-state index in [-0.39, 0.29) is 0 Å². The zero-order valence-electron chi connectivity index (χ0n) is 10.3. The molecule has 4 heteroatoms. The molecule has 1 saturated heterocycles. The first kappa shape index (κ1) is 12.3. The summed E-state index contributed by atoms with van der Waals surface area (Å²) in [5, 5.41) is 3.57. The third-order valence-corrected chi connectivity index (χ3v) is 3.06. The quantitative estimate of drug-likeness (QED) is 0.865. The van der Waals surface area contributed by atoms with Gasteiger partial charge in [0.05, 0.1) is 7.11 Å². The van der Waals surface area contributed by atoms with Gasteiger partial charge >= 0.3 is 0 Å². The van der Waals surface area contributed by atoms with Crippen molar-refractivity contribution in [2.75, 3.05) is 20.3 Å². The number of pyridine rings is 1. The summed E-state index contributed by atoms with van der Waals surface area (Å²) in [7, 11) is 1.64. The highest BCUT2D eigenvalue weighted by atomic mass is 16.5. The number of aromatic nitrogens is 1. The van der Waals surface area contributed by atoms with Crippen molar-refractivity contribution in [3.05, 3.63) is 23.9 Å². The largest absolute Gasteiger partial charge is 0.481 e. The Kier molecular flexibility index (Phi) is 4.76. The molecule has 94 valence electrons. The van der Waals surface area contributed by atoms with E-state index in [1.54, 1.807) is 13.3 Å². The number of hydrogen-bond acceptors (Lipinski definition) is 4. The summed E-state index contributed by atoms with van der Waals surface area (Å²) in [6.45, 7) is 2.64. The summed E-state index contributed by atoms with van der Waals surface area (Å²) in [4.78, 5) is 4.10. The fourth-order valence-corrected chi connectivity index (χ4v) is 2.04. The van der Waals surface area contributed by atoms with Crippen molar-refractivity contribution >= 4 is 0 Å². The fourth-order valence-electron chi connectivity index (χ4n) is 2.04. The lowest BCUT2D eigenvalue weighted by molar-refractivity contribution is 0.142. The minimum Gasteiger partial charge on any atom is -0.481 e. The molecule has 1 aromatic heterocycles. The van der Waals surface area contributed by atoms with Crippen LogP contribution in [0.4, 0.5) is 0 Å². The Hall–Kier alpha value is -1.13. The molecule has 1 N–H and O–H groups in total. The molecule has 1 atom stereocenters. The molecule has 1 aliphatic heterocycles. The number of nitrogens with zero attached hydrogens (tertiary/aromatic N) is 1. The van der Waals surface area contributed by atoms with Crippen LogP contribution >= 0.6 is 0 Å². The van der Waals surface area contributed by atoms with Gasteiger partial charge < -0.3 is 14.8 Å². The molecule has 0 amide bonds. The van der Waals surface area contributed by atoms with E-state index >= 15 is 0 Å². The van der Waals surface area contributed by atoms with Crippen LogP contribution in [0.25, 0.3) is 0 Å². The smallest absolute Gasteiger partial charge is 0.213 e. The van der Waals surface area contributed by atoms with E-state index in [0.717, 1.165) is 32.6 Å². The third-order valence-electron chi connectivity index (χ3n) is 3.06. The maximum absolute atomic E-state index is 5.44. The van der Waals surface area contributed by atoms with Gasteiger partial charge in [-0.3, -0.25) is 0 Å². The highest BCUT2D eigenvalue weighted by Crippen LogP contribution is 2.11. The first-order valence-corrected chi connectivity index (χ1v) is 6.18. The van der Waals surface area contributed by atoms with Gasteiger partial charge in [0, 0.05) is 38.1 Å². The van der Waals surface area contributed by atoms with Crippen molar-refractivity contribution in [2.45, 2.75) is 31.8 Å². The van der Waals surface area contributed by atoms with Crippen LogP contribution in [-0.4, -0.2) is 31.3 Å². The van der Waals surface area contributed by atoms with E-state index in [4.69, 9.17) is 9.47 Å². The Morgan fingerprint density at radius 1 is 1.47 bits per heavy atom. The van der Waals surface area contributed by atoms with Crippen LogP contribution < -0.4 is 10.1 Å². The van der Waals surface area contributed by atoms with Crippen LogP contribution in [-0.2, 0) is 11.3 Å². The van der Waals surface area contributed by atoms with Gasteiger partial charge in [-0.05, 0) is 30.9 Å². The van der Waals surface area contributed by atoms with E-state index in [0.29, 0.717) is 11.9 Å². The Morgan fingerprint density at radius 2 is 2.41 bits per heavy atom. The van der Waals surface area contributed by atoms with Crippen LogP contribution in [0.2, 0.25) is 0 Å². The molecule has 2 heterocycles. The topological polar surface area (TPSA) is 43.4 Å². The lowest BCUT2D eigenvalue weighted by Crippen LogP contribution is -2.28. The zero-order chi connectivity index (χ0) is 11.9. The number of rotatable bonds is 4. The highest BCUT2D eigenvalue weighted by molar-refractivity contribution is 5.20. The van der Waals surface area contributed by atoms with Gasteiger partial charge in [0.25, 0.3) is 0 Å². The molecule has 17 heavy (non-hydrogen) atoms. The molecule has 1 aliphatic rings. The van der Waals surface area contributed by atoms with Gasteiger partial charge in [-0.15, -0.1) is 0 Å². The predicted octanol–water partition coefficient (Wildman–Crippen LogP) is 1.75. The van der Waals surface area contributed by atoms with Crippen molar-refractivity contribution in [1.82, 2.24) is 10.3 Å². The predicted molar refractivity (Wildman–Crippen MR) is 66.1 cm³/mol. The Balaban J connectivity index is 1.83. The Labute approximate surface area is 102 Å². The van der Waals surface area contributed by atoms with Gasteiger partial charge in [0.2, 0.25) is 5.88 Å². The average molecular weight is 236 g/mol. The van der Waals surface area contributed by atoms with E-state index in [2.05, 4.69) is 10.3 Å². The van der Waals surface area contributed by atoms with Crippen molar-refractivity contribution in [3.63, 3.8) is 0 Å². The Bertz CT molecular complexity index is 336. The van der Waals surface area contributed by atoms with Crippen LogP contribution in [0, 0.1) is 0 Å². The molecule has 1 aromatic rings. The van der Waals surface area contributed by atoms with Gasteiger partial charge in [0.1, 0.15) is 0 Å². The highest BCUT2D eigenvalue weighted by Gasteiger charge is 2.11. The molecule has 0 radical (unpaired) electrons. The number of ether oxygens (including phenoxy) is 2. The Morgan fingerprint density at radius 3 is 3.29 bits per heavy atom. The second kappa shape index (κ2) is 6.57. The number of methoxy groups -OCH3 is 1. The minimum atomic E-state index is 0.566. The molecule has 0 aromatic carbocycles. The van der Waals surface area contributed by atoms with Crippen molar-refractivity contribution in [3.8, 4) is 5.88 Å². The summed E-state index contributed by atoms with van der Waals surface area (Å²) in [5.41, 5.74) is 1.21. The SMILES string of the molecule is COc1cc(CNC2CCCOCC2)ccn1. The molecule has 0 saturated carbocycles. The van der Waals surface area contributed by atoms with Crippen molar-refractivity contribution < 1.29 is 9.47 Å². The first-order chi connectivity index (χ1) is 8.38. The molecule has 2 rings (SSSR count). The van der Waals surface area contributed by atoms with Crippen molar-refractivity contribution in [1.29, 1.82) is 0 Å². The number of nitrogens with one attached hydrogen (secondary N) is 1. The molecule has 0 aliphatic carbocycles. The maximum atomic E-state index is 5.44. The summed E-state index contributed by atoms with van der Waals surface area (Å²) in [5.74, 6) is 0.675. The average Bonchev–Trinajstić information content (AvgIpc) is 2.65. The summed E-state index contributed by atoms with van der Waals surface area (Å²) >= 11 is 0. The van der Waals surface area contributed by atoms with E-state index in [9.17, 15) is 0 Å². The van der Waals surface area contributed by atoms with E-state index < -0.39 is 0 Å². The molecule has 1 fully saturated rings. The van der Waals surface area contributed by atoms with Gasteiger partial charge in [-0.25, -0.2) is 4.98 Å². The minimum absolute atomic E-state index is 0.566. The van der Waals surface area contributed by atoms with Gasteiger partial charge in [-0.1, -0.05) is 0 Å². The molecule has 4 nitrogen and oxygen atoms in total. The normalized spacial score (nSPS) is 20.9. The molecular weight excluding hydrogens is 216 g/mol. The van der Waals surface area contributed by atoms with Crippen LogP contribution in [0.1, 0.15) is 24.8 Å². The van der Waals surface area contributed by atoms with Gasteiger partial charge in [0.15, 0.2) is 0 Å². The molecule has 0 bridgehead atoms. The standard InChI is InChI=1S/C13H20N2O2/c1-16-13-9-11(4-6-14-13)10-15-12-3-2-7-17-8-5-12/h4,6,9,12,15H,2-3,5,7-8,10H2,1H3. The summed E-state index contributed by atoms with van der Waals surface area (Å²) < 4.78 is 10.6. The maximum Gasteiger partial charge on any atom is 0.213 e. The molecule has 0 spiro atoms. The third kappa shape index (κ3) is 3.98.